The molecule has 0 nitrogen and oxygen atoms in total. The first-order valence-corrected chi connectivity index (χ1v) is 10.1. The van der Waals surface area contributed by atoms with Crippen LogP contribution in [0.2, 0.25) is 0 Å². The van der Waals surface area contributed by atoms with Gasteiger partial charge in [-0.05, 0) is 84.5 Å². The predicted molar refractivity (Wildman–Crippen MR) is 117 cm³/mol. The van der Waals surface area contributed by atoms with Gasteiger partial charge in [0.25, 0.3) is 0 Å². The second kappa shape index (κ2) is 12.3. The lowest BCUT2D eigenvalue weighted by Gasteiger charge is -2.15. The van der Waals surface area contributed by atoms with Crippen LogP contribution in [0.3, 0.4) is 0 Å². The minimum Gasteiger partial charge on any atom is -0.0856 e. The Morgan fingerprint density at radius 1 is 0.760 bits per heavy atom. The van der Waals surface area contributed by atoms with Crippen LogP contribution in [-0.2, 0) is 0 Å². The summed E-state index contributed by atoms with van der Waals surface area (Å²) in [7, 11) is 0. The van der Waals surface area contributed by atoms with E-state index < -0.39 is 0 Å². The van der Waals surface area contributed by atoms with Crippen LogP contribution < -0.4 is 0 Å². The molecule has 0 aromatic rings. The summed E-state index contributed by atoms with van der Waals surface area (Å²) in [5, 5.41) is 0. The molecular formula is C25H44. The van der Waals surface area contributed by atoms with Gasteiger partial charge in [-0.1, -0.05) is 74.3 Å². The molecule has 0 aromatic carbocycles. The highest BCUT2D eigenvalue weighted by atomic mass is 14.1. The Balaban J connectivity index is 4.29. The van der Waals surface area contributed by atoms with Crippen molar-refractivity contribution in [1.82, 2.24) is 0 Å². The van der Waals surface area contributed by atoms with E-state index >= 15 is 0 Å². The Hall–Kier alpha value is -1.04. The van der Waals surface area contributed by atoms with Gasteiger partial charge in [-0.2, -0.15) is 0 Å². The molecule has 0 heterocycles. The highest BCUT2D eigenvalue weighted by Gasteiger charge is 2.07. The fraction of sp³-hybridized carbons (Fsp3) is 0.680. The fourth-order valence-corrected chi connectivity index (χ4v) is 2.57. The topological polar surface area (TPSA) is 0 Å². The molecule has 0 radical (unpaired) electrons. The predicted octanol–water partition coefficient (Wildman–Crippen LogP) is 8.81. The van der Waals surface area contributed by atoms with Crippen molar-refractivity contribution in [3.8, 4) is 0 Å². The van der Waals surface area contributed by atoms with Crippen LogP contribution in [0.15, 0.2) is 46.6 Å². The molecule has 0 rings (SSSR count). The van der Waals surface area contributed by atoms with Gasteiger partial charge in [-0.3, -0.25) is 0 Å². The van der Waals surface area contributed by atoms with Gasteiger partial charge in [0.05, 0.1) is 0 Å². The molecule has 25 heavy (non-hydrogen) atoms. The third kappa shape index (κ3) is 15.0. The maximum absolute atomic E-state index is 2.45. The van der Waals surface area contributed by atoms with Gasteiger partial charge in [-0.15, -0.1) is 0 Å². The zero-order chi connectivity index (χ0) is 19.5. The van der Waals surface area contributed by atoms with Crippen molar-refractivity contribution in [2.24, 2.45) is 11.3 Å². The van der Waals surface area contributed by atoms with Crippen LogP contribution >= 0.6 is 0 Å². The SMILES string of the molecule is CC(C)=CCC/C(C)=C/CC(C)C(C)=CCC/C(C)=C/CC(C)(C)C. The lowest BCUT2D eigenvalue weighted by molar-refractivity contribution is 0.419. The van der Waals surface area contributed by atoms with Crippen molar-refractivity contribution in [2.45, 2.75) is 101 Å². The summed E-state index contributed by atoms with van der Waals surface area (Å²) in [6, 6.07) is 0. The normalized spacial score (nSPS) is 15.3. The molecule has 0 saturated heterocycles. The minimum absolute atomic E-state index is 0.400. The molecule has 144 valence electrons. The largest absolute Gasteiger partial charge is 0.0856 e. The van der Waals surface area contributed by atoms with E-state index in [9.17, 15) is 0 Å². The summed E-state index contributed by atoms with van der Waals surface area (Å²) in [5.74, 6) is 0.650. The van der Waals surface area contributed by atoms with Crippen LogP contribution in [-0.4, -0.2) is 0 Å². The molecule has 0 bridgehead atoms. The Labute approximate surface area is 159 Å². The Morgan fingerprint density at radius 3 is 1.80 bits per heavy atom. The number of rotatable bonds is 10. The lowest BCUT2D eigenvalue weighted by atomic mass is 9.90. The molecule has 0 aromatic heterocycles. The number of allylic oxidation sites excluding steroid dienone is 8. The Morgan fingerprint density at radius 2 is 1.28 bits per heavy atom. The summed E-state index contributed by atoms with van der Waals surface area (Å²) in [6.45, 7) is 20.5. The molecule has 0 aliphatic rings. The standard InChI is InChI=1S/C25H44/c1-20(2)12-10-13-21(3)16-17-24(6)23(5)15-11-14-22(4)18-19-25(7,8)9/h12,15-16,18,24H,10-11,13-14,17,19H2,1-9H3/b21-16+,22-18+,23-15?. The van der Waals surface area contributed by atoms with Crippen molar-refractivity contribution in [2.75, 3.05) is 0 Å². The van der Waals surface area contributed by atoms with E-state index in [-0.39, 0.29) is 0 Å². The van der Waals surface area contributed by atoms with Gasteiger partial charge in [0.15, 0.2) is 0 Å². The molecule has 0 N–H and O–H groups in total. The first-order chi connectivity index (χ1) is 11.5. The van der Waals surface area contributed by atoms with Gasteiger partial charge < -0.3 is 0 Å². The lowest BCUT2D eigenvalue weighted by Crippen LogP contribution is -2.02. The Kier molecular flexibility index (Phi) is 11.8. The average Bonchev–Trinajstić information content (AvgIpc) is 2.49. The third-order valence-electron chi connectivity index (χ3n) is 4.76. The van der Waals surface area contributed by atoms with Crippen LogP contribution in [0.1, 0.15) is 101 Å². The summed E-state index contributed by atoms with van der Waals surface area (Å²) in [6.07, 6.45) is 16.7. The summed E-state index contributed by atoms with van der Waals surface area (Å²) >= 11 is 0. The maximum Gasteiger partial charge on any atom is -0.0200 e. The van der Waals surface area contributed by atoms with Crippen molar-refractivity contribution < 1.29 is 0 Å². The Bertz CT molecular complexity index is 485. The van der Waals surface area contributed by atoms with Crippen LogP contribution in [0.5, 0.6) is 0 Å². The fourth-order valence-electron chi connectivity index (χ4n) is 2.57. The average molecular weight is 345 g/mol. The van der Waals surface area contributed by atoms with Crippen LogP contribution in [0.4, 0.5) is 0 Å². The minimum atomic E-state index is 0.400. The zero-order valence-electron chi connectivity index (χ0n) is 18.6. The summed E-state index contributed by atoms with van der Waals surface area (Å²) in [4.78, 5) is 0. The van der Waals surface area contributed by atoms with E-state index in [2.05, 4.69) is 86.6 Å². The first kappa shape index (κ1) is 24.0. The van der Waals surface area contributed by atoms with Crippen molar-refractivity contribution >= 4 is 0 Å². The van der Waals surface area contributed by atoms with Crippen molar-refractivity contribution in [1.29, 1.82) is 0 Å². The molecule has 1 unspecified atom stereocenters. The summed E-state index contributed by atoms with van der Waals surface area (Å²) < 4.78 is 0. The summed E-state index contributed by atoms with van der Waals surface area (Å²) in [5.41, 5.74) is 6.42. The quantitative estimate of drug-likeness (QED) is 0.347. The van der Waals surface area contributed by atoms with Crippen LogP contribution in [0.25, 0.3) is 0 Å². The van der Waals surface area contributed by atoms with E-state index in [0.717, 1.165) is 0 Å². The third-order valence-corrected chi connectivity index (χ3v) is 4.76. The van der Waals surface area contributed by atoms with Gasteiger partial charge >= 0.3 is 0 Å². The van der Waals surface area contributed by atoms with Crippen molar-refractivity contribution in [3.05, 3.63) is 46.6 Å². The molecule has 0 spiro atoms. The highest BCUT2D eigenvalue weighted by Crippen LogP contribution is 2.22. The first-order valence-electron chi connectivity index (χ1n) is 10.1. The monoisotopic (exact) mass is 344 g/mol. The molecule has 0 saturated carbocycles. The van der Waals surface area contributed by atoms with E-state index in [4.69, 9.17) is 0 Å². The maximum atomic E-state index is 2.45. The molecule has 0 heteroatoms. The molecule has 1 atom stereocenters. The van der Waals surface area contributed by atoms with Gasteiger partial charge in [0.2, 0.25) is 0 Å². The number of hydrogen-bond acceptors (Lipinski definition) is 0. The molecular weight excluding hydrogens is 300 g/mol. The van der Waals surface area contributed by atoms with E-state index in [1.807, 2.05) is 0 Å². The van der Waals surface area contributed by atoms with E-state index in [0.29, 0.717) is 11.3 Å². The van der Waals surface area contributed by atoms with E-state index in [1.165, 1.54) is 60.8 Å². The molecule has 0 amide bonds. The van der Waals surface area contributed by atoms with E-state index in [1.54, 1.807) is 0 Å². The van der Waals surface area contributed by atoms with Crippen LogP contribution in [0, 0.1) is 11.3 Å². The molecule has 0 fully saturated rings. The van der Waals surface area contributed by atoms with Crippen molar-refractivity contribution in [3.63, 3.8) is 0 Å². The second-order valence-electron chi connectivity index (χ2n) is 9.31. The highest BCUT2D eigenvalue weighted by molar-refractivity contribution is 5.09. The second-order valence-corrected chi connectivity index (χ2v) is 9.31. The zero-order valence-corrected chi connectivity index (χ0v) is 18.6. The molecule has 0 aliphatic carbocycles. The smallest absolute Gasteiger partial charge is 0.0200 e. The molecule has 0 aliphatic heterocycles. The van der Waals surface area contributed by atoms with Gasteiger partial charge in [0, 0.05) is 0 Å². The van der Waals surface area contributed by atoms with Gasteiger partial charge in [-0.25, -0.2) is 0 Å². The number of hydrogen-bond donors (Lipinski definition) is 0. The van der Waals surface area contributed by atoms with Gasteiger partial charge in [0.1, 0.15) is 0 Å².